The number of aryl methyl sites for hydroxylation is 1. The number of benzene rings is 1. The summed E-state index contributed by atoms with van der Waals surface area (Å²) in [5.74, 6) is 0. The van der Waals surface area contributed by atoms with Crippen LogP contribution in [0.5, 0.6) is 0 Å². The highest BCUT2D eigenvalue weighted by Gasteiger charge is 2.03. The van der Waals surface area contributed by atoms with Crippen molar-refractivity contribution in [2.24, 2.45) is 0 Å². The van der Waals surface area contributed by atoms with Crippen LogP contribution in [0.4, 0.5) is 0 Å². The number of nitrogens with zero attached hydrogens (tertiary/aromatic N) is 2. The monoisotopic (exact) mass is 159 g/mol. The van der Waals surface area contributed by atoms with Gasteiger partial charge >= 0.3 is 0 Å². The maximum absolute atomic E-state index is 4.64. The van der Waals surface area contributed by atoms with E-state index in [0.717, 1.165) is 16.8 Å². The summed E-state index contributed by atoms with van der Waals surface area (Å²) in [5, 5.41) is 7.19. The van der Waals surface area contributed by atoms with Crippen molar-refractivity contribution in [1.29, 1.82) is 0 Å². The van der Waals surface area contributed by atoms with Crippen molar-refractivity contribution in [3.63, 3.8) is 0 Å². The van der Waals surface area contributed by atoms with Crippen LogP contribution in [0, 0.1) is 13.0 Å². The lowest BCUT2D eigenvalue weighted by molar-refractivity contribution is 0.393. The van der Waals surface area contributed by atoms with Crippen molar-refractivity contribution in [3.05, 3.63) is 36.1 Å². The van der Waals surface area contributed by atoms with Crippen molar-refractivity contribution in [3.8, 4) is 11.3 Å². The molecule has 0 spiro atoms. The SMILES string of the molecule is Cc1ccc[c]c1-c1conn1. The van der Waals surface area contributed by atoms with Crippen LogP contribution in [-0.2, 0) is 0 Å². The lowest BCUT2D eigenvalue weighted by atomic mass is 10.1. The van der Waals surface area contributed by atoms with E-state index in [1.54, 1.807) is 0 Å². The summed E-state index contributed by atoms with van der Waals surface area (Å²) in [5.41, 5.74) is 2.79. The van der Waals surface area contributed by atoms with Crippen LogP contribution in [0.1, 0.15) is 5.56 Å². The van der Waals surface area contributed by atoms with Crippen molar-refractivity contribution in [2.45, 2.75) is 6.92 Å². The van der Waals surface area contributed by atoms with Gasteiger partial charge in [-0.05, 0) is 18.6 Å². The van der Waals surface area contributed by atoms with Crippen molar-refractivity contribution < 1.29 is 4.52 Å². The lowest BCUT2D eigenvalue weighted by Gasteiger charge is -1.97. The smallest absolute Gasteiger partial charge is 0.152 e. The summed E-state index contributed by atoms with van der Waals surface area (Å²) in [6.07, 6.45) is 1.51. The average molecular weight is 159 g/mol. The minimum absolute atomic E-state index is 0.730. The summed E-state index contributed by atoms with van der Waals surface area (Å²) < 4.78 is 4.64. The Morgan fingerprint density at radius 2 is 2.42 bits per heavy atom. The fraction of sp³-hybridized carbons (Fsp3) is 0.111. The predicted octanol–water partition coefficient (Wildman–Crippen LogP) is 1.85. The molecule has 2 aromatic rings. The molecule has 0 unspecified atom stereocenters. The van der Waals surface area contributed by atoms with Crippen LogP contribution >= 0.6 is 0 Å². The zero-order valence-electron chi connectivity index (χ0n) is 6.61. The molecular weight excluding hydrogens is 152 g/mol. The van der Waals surface area contributed by atoms with Gasteiger partial charge in [-0.2, -0.15) is 0 Å². The molecule has 1 heterocycles. The standard InChI is InChI=1S/C9H7N2O/c1-7-4-2-3-5-8(7)9-6-12-11-10-9/h2-4,6H,1H3. The highest BCUT2D eigenvalue weighted by atomic mass is 16.5. The van der Waals surface area contributed by atoms with Crippen molar-refractivity contribution in [2.75, 3.05) is 0 Å². The number of rotatable bonds is 1. The molecule has 59 valence electrons. The maximum Gasteiger partial charge on any atom is 0.152 e. The molecule has 0 bridgehead atoms. The van der Waals surface area contributed by atoms with Crippen LogP contribution < -0.4 is 0 Å². The van der Waals surface area contributed by atoms with E-state index in [-0.39, 0.29) is 0 Å². The Labute approximate surface area is 70.0 Å². The number of hydrogen-bond acceptors (Lipinski definition) is 3. The van der Waals surface area contributed by atoms with Gasteiger partial charge < -0.3 is 4.52 Å². The van der Waals surface area contributed by atoms with Crippen LogP contribution in [0.2, 0.25) is 0 Å². The Morgan fingerprint density at radius 3 is 3.08 bits per heavy atom. The molecule has 0 saturated carbocycles. The molecule has 2 rings (SSSR count). The quantitative estimate of drug-likeness (QED) is 0.637. The third-order valence-corrected chi connectivity index (χ3v) is 1.68. The van der Waals surface area contributed by atoms with Gasteiger partial charge in [-0.25, -0.2) is 0 Å². The molecule has 1 radical (unpaired) electrons. The minimum Gasteiger partial charge on any atom is -0.345 e. The molecule has 0 amide bonds. The summed E-state index contributed by atoms with van der Waals surface area (Å²) in [7, 11) is 0. The van der Waals surface area contributed by atoms with E-state index in [4.69, 9.17) is 0 Å². The Morgan fingerprint density at radius 1 is 1.50 bits per heavy atom. The molecule has 3 heteroatoms. The van der Waals surface area contributed by atoms with E-state index in [1.807, 2.05) is 25.1 Å². The first-order valence-electron chi connectivity index (χ1n) is 3.62. The van der Waals surface area contributed by atoms with E-state index in [1.165, 1.54) is 6.26 Å². The number of hydrogen-bond donors (Lipinski definition) is 0. The van der Waals surface area contributed by atoms with Crippen LogP contribution in [0.25, 0.3) is 11.3 Å². The van der Waals surface area contributed by atoms with E-state index >= 15 is 0 Å². The average Bonchev–Trinajstić information content (AvgIpc) is 2.57. The third kappa shape index (κ3) is 1.09. The first-order valence-corrected chi connectivity index (χ1v) is 3.62. The highest BCUT2D eigenvalue weighted by molar-refractivity contribution is 5.60. The first kappa shape index (κ1) is 7.03. The zero-order valence-corrected chi connectivity index (χ0v) is 6.61. The lowest BCUT2D eigenvalue weighted by Crippen LogP contribution is -1.82. The second-order valence-corrected chi connectivity index (χ2v) is 2.52. The van der Waals surface area contributed by atoms with Gasteiger partial charge in [0.2, 0.25) is 0 Å². The summed E-state index contributed by atoms with van der Waals surface area (Å²) in [4.78, 5) is 0. The molecule has 3 nitrogen and oxygen atoms in total. The van der Waals surface area contributed by atoms with Crippen molar-refractivity contribution >= 4 is 0 Å². The highest BCUT2D eigenvalue weighted by Crippen LogP contribution is 2.18. The zero-order chi connectivity index (χ0) is 8.39. The van der Waals surface area contributed by atoms with Crippen LogP contribution in [0.15, 0.2) is 29.0 Å². The van der Waals surface area contributed by atoms with Gasteiger partial charge in [-0.3, -0.25) is 0 Å². The fourth-order valence-corrected chi connectivity index (χ4v) is 1.07. The van der Waals surface area contributed by atoms with Crippen LogP contribution in [0.3, 0.4) is 0 Å². The normalized spacial score (nSPS) is 10.1. The largest absolute Gasteiger partial charge is 0.345 e. The molecule has 1 aromatic carbocycles. The summed E-state index contributed by atoms with van der Waals surface area (Å²) in [6, 6.07) is 8.86. The van der Waals surface area contributed by atoms with E-state index < -0.39 is 0 Å². The summed E-state index contributed by atoms with van der Waals surface area (Å²) in [6.45, 7) is 2.00. The molecule has 0 aliphatic carbocycles. The second kappa shape index (κ2) is 2.77. The Kier molecular flexibility index (Phi) is 1.63. The maximum atomic E-state index is 4.64. The molecule has 0 N–H and O–H groups in total. The van der Waals surface area contributed by atoms with E-state index in [9.17, 15) is 0 Å². The first-order chi connectivity index (χ1) is 5.88. The van der Waals surface area contributed by atoms with Gasteiger partial charge in [0.05, 0.1) is 0 Å². The molecule has 0 aliphatic rings. The molecule has 0 fully saturated rings. The van der Waals surface area contributed by atoms with Gasteiger partial charge in [-0.15, -0.1) is 5.10 Å². The van der Waals surface area contributed by atoms with Gasteiger partial charge in [0.25, 0.3) is 0 Å². The van der Waals surface area contributed by atoms with E-state index in [0.29, 0.717) is 0 Å². The van der Waals surface area contributed by atoms with Gasteiger partial charge in [-0.1, -0.05) is 18.2 Å². The Hall–Kier alpha value is -1.64. The molecule has 12 heavy (non-hydrogen) atoms. The minimum atomic E-state index is 0.730. The van der Waals surface area contributed by atoms with Gasteiger partial charge in [0, 0.05) is 10.8 Å². The molecular formula is C9H7N2O. The fourth-order valence-electron chi connectivity index (χ4n) is 1.07. The van der Waals surface area contributed by atoms with Crippen LogP contribution in [-0.4, -0.2) is 10.4 Å². The molecule has 1 aromatic heterocycles. The van der Waals surface area contributed by atoms with E-state index in [2.05, 4.69) is 21.0 Å². The molecule has 0 saturated heterocycles. The molecule has 0 aliphatic heterocycles. The Bertz CT molecular complexity index is 368. The molecule has 0 atom stereocenters. The topological polar surface area (TPSA) is 38.9 Å². The Balaban J connectivity index is 2.55. The van der Waals surface area contributed by atoms with Gasteiger partial charge in [0.15, 0.2) is 6.26 Å². The van der Waals surface area contributed by atoms with Gasteiger partial charge in [0.1, 0.15) is 5.69 Å². The number of aromatic nitrogens is 2. The summed E-state index contributed by atoms with van der Waals surface area (Å²) >= 11 is 0. The third-order valence-electron chi connectivity index (χ3n) is 1.68. The van der Waals surface area contributed by atoms with Crippen molar-refractivity contribution in [1.82, 2.24) is 10.4 Å². The predicted molar refractivity (Wildman–Crippen MR) is 43.3 cm³/mol. The second-order valence-electron chi connectivity index (χ2n) is 2.52.